The van der Waals surface area contributed by atoms with Crippen molar-refractivity contribution in [1.82, 2.24) is 5.32 Å². The number of amides is 2. The number of halogens is 1. The summed E-state index contributed by atoms with van der Waals surface area (Å²) in [5.74, 6) is 0.0376. The predicted molar refractivity (Wildman–Crippen MR) is 131 cm³/mol. The predicted octanol–water partition coefficient (Wildman–Crippen LogP) is 5.85. The van der Waals surface area contributed by atoms with Crippen LogP contribution in [0, 0.1) is 0 Å². The van der Waals surface area contributed by atoms with Gasteiger partial charge in [-0.1, -0.05) is 59.3 Å². The van der Waals surface area contributed by atoms with Gasteiger partial charge in [0.25, 0.3) is 11.8 Å². The quantitative estimate of drug-likeness (QED) is 0.391. The first-order chi connectivity index (χ1) is 15.5. The monoisotopic (exact) mass is 494 g/mol. The van der Waals surface area contributed by atoms with Crippen molar-refractivity contribution in [2.75, 3.05) is 11.9 Å². The van der Waals surface area contributed by atoms with Crippen LogP contribution in [0.5, 0.6) is 5.75 Å². The van der Waals surface area contributed by atoms with E-state index in [2.05, 4.69) is 26.6 Å². The largest absolute Gasteiger partial charge is 0.492 e. The van der Waals surface area contributed by atoms with Gasteiger partial charge < -0.3 is 15.4 Å². The lowest BCUT2D eigenvalue weighted by Gasteiger charge is -2.14. The molecule has 0 fully saturated rings. The Morgan fingerprint density at radius 1 is 0.969 bits per heavy atom. The molecule has 0 aliphatic heterocycles. The Kier molecular flexibility index (Phi) is 8.45. The summed E-state index contributed by atoms with van der Waals surface area (Å²) >= 11 is 3.43. The zero-order chi connectivity index (χ0) is 22.9. The average molecular weight is 495 g/mol. The minimum Gasteiger partial charge on any atom is -0.492 e. The maximum absolute atomic E-state index is 13.0. The number of carbonyl (C=O) groups excluding carboxylic acids is 2. The van der Waals surface area contributed by atoms with Crippen LogP contribution in [-0.2, 0) is 6.42 Å². The molecule has 1 atom stereocenters. The number of hydrogen-bond acceptors (Lipinski definition) is 3. The third-order valence-corrected chi connectivity index (χ3v) is 5.54. The van der Waals surface area contributed by atoms with E-state index < -0.39 is 0 Å². The Labute approximate surface area is 197 Å². The fourth-order valence-corrected chi connectivity index (χ4v) is 3.44. The summed E-state index contributed by atoms with van der Waals surface area (Å²) < 4.78 is 6.70. The normalized spacial score (nSPS) is 11.5. The van der Waals surface area contributed by atoms with Gasteiger partial charge >= 0.3 is 0 Å². The van der Waals surface area contributed by atoms with Crippen LogP contribution >= 0.6 is 15.9 Å². The molecule has 0 aromatic heterocycles. The molecule has 2 amide bonds. The number of nitrogens with one attached hydrogen (secondary N) is 2. The highest BCUT2D eigenvalue weighted by Gasteiger charge is 2.15. The standard InChI is InChI=1S/C26H27BrN2O3/c1-3-18(2)28-25(30)20-10-7-11-22(16-20)29-26(31)23-17-21(27)12-13-24(23)32-15-14-19-8-5-4-6-9-19/h4-13,16-18H,3,14-15H2,1-2H3,(H,28,30)(H,29,31). The van der Waals surface area contributed by atoms with E-state index in [0.29, 0.717) is 29.2 Å². The van der Waals surface area contributed by atoms with Gasteiger partial charge in [0.2, 0.25) is 0 Å². The molecule has 3 rings (SSSR count). The van der Waals surface area contributed by atoms with Gasteiger partial charge in [-0.2, -0.15) is 0 Å². The van der Waals surface area contributed by atoms with Gasteiger partial charge in [-0.3, -0.25) is 9.59 Å². The Hall–Kier alpha value is -3.12. The molecular formula is C26H27BrN2O3. The topological polar surface area (TPSA) is 67.4 Å². The van der Waals surface area contributed by atoms with Gasteiger partial charge in [0.15, 0.2) is 0 Å². The summed E-state index contributed by atoms with van der Waals surface area (Å²) in [4.78, 5) is 25.4. The van der Waals surface area contributed by atoms with Crippen LogP contribution in [0.15, 0.2) is 77.3 Å². The molecule has 0 radical (unpaired) electrons. The molecule has 0 heterocycles. The van der Waals surface area contributed by atoms with Crippen molar-refractivity contribution in [1.29, 1.82) is 0 Å². The highest BCUT2D eigenvalue weighted by atomic mass is 79.9. The minimum atomic E-state index is -0.305. The lowest BCUT2D eigenvalue weighted by molar-refractivity contribution is 0.0938. The highest BCUT2D eigenvalue weighted by Crippen LogP contribution is 2.25. The molecule has 3 aromatic carbocycles. The van der Waals surface area contributed by atoms with Crippen LogP contribution in [0.4, 0.5) is 5.69 Å². The molecule has 0 bridgehead atoms. The fraction of sp³-hybridized carbons (Fsp3) is 0.231. The van der Waals surface area contributed by atoms with E-state index >= 15 is 0 Å². The Bertz CT molecular complexity index is 1070. The first-order valence-electron chi connectivity index (χ1n) is 10.6. The molecule has 0 aliphatic rings. The molecular weight excluding hydrogens is 468 g/mol. The third-order valence-electron chi connectivity index (χ3n) is 5.05. The maximum Gasteiger partial charge on any atom is 0.259 e. The second-order valence-electron chi connectivity index (χ2n) is 7.54. The zero-order valence-electron chi connectivity index (χ0n) is 18.2. The molecule has 0 spiro atoms. The van der Waals surface area contributed by atoms with Crippen LogP contribution in [0.2, 0.25) is 0 Å². The lowest BCUT2D eigenvalue weighted by Crippen LogP contribution is -2.31. The Balaban J connectivity index is 1.70. The number of rotatable bonds is 9. The lowest BCUT2D eigenvalue weighted by atomic mass is 10.1. The molecule has 6 heteroatoms. The van der Waals surface area contributed by atoms with Gasteiger partial charge in [-0.25, -0.2) is 0 Å². The van der Waals surface area contributed by atoms with Gasteiger partial charge in [0.05, 0.1) is 12.2 Å². The van der Waals surface area contributed by atoms with Crippen LogP contribution in [0.25, 0.3) is 0 Å². The van der Waals surface area contributed by atoms with Crippen LogP contribution in [0.3, 0.4) is 0 Å². The molecule has 5 nitrogen and oxygen atoms in total. The molecule has 2 N–H and O–H groups in total. The average Bonchev–Trinajstić information content (AvgIpc) is 2.80. The van der Waals surface area contributed by atoms with Crippen molar-refractivity contribution in [2.45, 2.75) is 32.7 Å². The highest BCUT2D eigenvalue weighted by molar-refractivity contribution is 9.10. The number of hydrogen-bond donors (Lipinski definition) is 2. The van der Waals surface area contributed by atoms with Gasteiger partial charge in [0.1, 0.15) is 5.75 Å². The second kappa shape index (κ2) is 11.5. The smallest absolute Gasteiger partial charge is 0.259 e. The Morgan fingerprint density at radius 3 is 2.50 bits per heavy atom. The molecule has 1 unspecified atom stereocenters. The van der Waals surface area contributed by atoms with Gasteiger partial charge in [0, 0.05) is 28.2 Å². The fourth-order valence-electron chi connectivity index (χ4n) is 3.07. The Morgan fingerprint density at radius 2 is 1.75 bits per heavy atom. The van der Waals surface area contributed by atoms with E-state index in [1.165, 1.54) is 5.56 Å². The third kappa shape index (κ3) is 6.69. The van der Waals surface area contributed by atoms with E-state index in [-0.39, 0.29) is 17.9 Å². The van der Waals surface area contributed by atoms with Crippen molar-refractivity contribution in [3.63, 3.8) is 0 Å². The maximum atomic E-state index is 13.0. The summed E-state index contributed by atoms with van der Waals surface area (Å²) in [6, 6.07) is 22.4. The van der Waals surface area contributed by atoms with Gasteiger partial charge in [-0.15, -0.1) is 0 Å². The molecule has 166 valence electrons. The number of ether oxygens (including phenoxy) is 1. The molecule has 0 saturated carbocycles. The van der Waals surface area contributed by atoms with Crippen LogP contribution in [0.1, 0.15) is 46.5 Å². The van der Waals surface area contributed by atoms with Crippen molar-refractivity contribution >= 4 is 33.4 Å². The number of anilines is 1. The molecule has 32 heavy (non-hydrogen) atoms. The van der Waals surface area contributed by atoms with E-state index in [4.69, 9.17) is 4.74 Å². The van der Waals surface area contributed by atoms with E-state index in [1.807, 2.05) is 50.2 Å². The molecule has 0 aliphatic carbocycles. The first-order valence-corrected chi connectivity index (χ1v) is 11.4. The summed E-state index contributed by atoms with van der Waals surface area (Å²) in [6.45, 7) is 4.42. The van der Waals surface area contributed by atoms with Crippen molar-refractivity contribution < 1.29 is 14.3 Å². The summed E-state index contributed by atoms with van der Waals surface area (Å²) in [7, 11) is 0. The van der Waals surface area contributed by atoms with Crippen molar-refractivity contribution in [3.05, 3.63) is 94.0 Å². The number of carbonyl (C=O) groups is 2. The molecule has 0 saturated heterocycles. The first kappa shape index (κ1) is 23.5. The number of benzene rings is 3. The van der Waals surface area contributed by atoms with Crippen LogP contribution < -0.4 is 15.4 Å². The van der Waals surface area contributed by atoms with Crippen molar-refractivity contribution in [3.8, 4) is 5.75 Å². The van der Waals surface area contributed by atoms with E-state index in [0.717, 1.165) is 17.3 Å². The SMILES string of the molecule is CCC(C)NC(=O)c1cccc(NC(=O)c2cc(Br)ccc2OCCc2ccccc2)c1. The van der Waals surface area contributed by atoms with E-state index in [1.54, 1.807) is 36.4 Å². The molecule has 3 aromatic rings. The van der Waals surface area contributed by atoms with Crippen LogP contribution in [-0.4, -0.2) is 24.5 Å². The van der Waals surface area contributed by atoms with Crippen molar-refractivity contribution in [2.24, 2.45) is 0 Å². The zero-order valence-corrected chi connectivity index (χ0v) is 19.8. The van der Waals surface area contributed by atoms with Gasteiger partial charge in [-0.05, 0) is 55.3 Å². The summed E-state index contributed by atoms with van der Waals surface area (Å²) in [6.07, 6.45) is 1.59. The summed E-state index contributed by atoms with van der Waals surface area (Å²) in [5.41, 5.74) is 2.63. The second-order valence-corrected chi connectivity index (χ2v) is 8.46. The van der Waals surface area contributed by atoms with E-state index in [9.17, 15) is 9.59 Å². The summed E-state index contributed by atoms with van der Waals surface area (Å²) in [5, 5.41) is 5.81. The minimum absolute atomic E-state index is 0.0815.